The summed E-state index contributed by atoms with van der Waals surface area (Å²) in [5.41, 5.74) is 0.610. The van der Waals surface area contributed by atoms with E-state index in [2.05, 4.69) is 15.3 Å². The van der Waals surface area contributed by atoms with Gasteiger partial charge in [0.1, 0.15) is 11.0 Å². The highest BCUT2D eigenvalue weighted by molar-refractivity contribution is 7.98. The van der Waals surface area contributed by atoms with Crippen molar-refractivity contribution in [3.05, 3.63) is 46.6 Å². The fraction of sp³-hybridized carbons (Fsp3) is 0.167. The van der Waals surface area contributed by atoms with Crippen molar-refractivity contribution in [3.8, 4) is 0 Å². The van der Waals surface area contributed by atoms with Crippen molar-refractivity contribution in [3.63, 3.8) is 0 Å². The Labute approximate surface area is 118 Å². The SMILES string of the molecule is CSc1nc(Cl)cc(NCc2ccc(F)c(F)c2)n1. The summed E-state index contributed by atoms with van der Waals surface area (Å²) in [7, 11) is 0. The number of rotatable bonds is 4. The van der Waals surface area contributed by atoms with Crippen LogP contribution >= 0.6 is 23.4 Å². The highest BCUT2D eigenvalue weighted by Crippen LogP contribution is 2.18. The average Bonchev–Trinajstić information content (AvgIpc) is 2.39. The van der Waals surface area contributed by atoms with Gasteiger partial charge in [-0.2, -0.15) is 0 Å². The fourth-order valence-corrected chi connectivity index (χ4v) is 2.03. The standard InChI is InChI=1S/C12H10ClF2N3S/c1-19-12-17-10(13)5-11(18-12)16-6-7-2-3-8(14)9(15)4-7/h2-5H,6H2,1H3,(H,16,17,18). The van der Waals surface area contributed by atoms with Crippen LogP contribution in [0.1, 0.15) is 5.56 Å². The molecule has 3 nitrogen and oxygen atoms in total. The van der Waals surface area contributed by atoms with Gasteiger partial charge in [0.25, 0.3) is 0 Å². The maximum Gasteiger partial charge on any atom is 0.190 e. The zero-order valence-electron chi connectivity index (χ0n) is 9.95. The molecule has 0 atom stereocenters. The summed E-state index contributed by atoms with van der Waals surface area (Å²) in [6, 6.07) is 5.30. The molecule has 0 unspecified atom stereocenters. The Hall–Kier alpha value is -1.40. The molecule has 0 aliphatic rings. The lowest BCUT2D eigenvalue weighted by molar-refractivity contribution is 0.507. The van der Waals surface area contributed by atoms with Crippen molar-refractivity contribution in [1.82, 2.24) is 9.97 Å². The first kappa shape index (κ1) is 14.0. The maximum absolute atomic E-state index is 13.0. The lowest BCUT2D eigenvalue weighted by atomic mass is 10.2. The van der Waals surface area contributed by atoms with Crippen LogP contribution in [0.4, 0.5) is 14.6 Å². The summed E-state index contributed by atoms with van der Waals surface area (Å²) in [5, 5.41) is 3.85. The molecule has 19 heavy (non-hydrogen) atoms. The molecule has 0 fully saturated rings. The molecule has 7 heteroatoms. The molecule has 1 aromatic heterocycles. The predicted molar refractivity (Wildman–Crippen MR) is 72.5 cm³/mol. The van der Waals surface area contributed by atoms with Crippen molar-refractivity contribution < 1.29 is 8.78 Å². The lowest BCUT2D eigenvalue weighted by Crippen LogP contribution is -2.03. The smallest absolute Gasteiger partial charge is 0.190 e. The summed E-state index contributed by atoms with van der Waals surface area (Å²) in [6.07, 6.45) is 1.84. The number of nitrogens with zero attached hydrogens (tertiary/aromatic N) is 2. The van der Waals surface area contributed by atoms with Crippen molar-refractivity contribution >= 4 is 29.2 Å². The van der Waals surface area contributed by atoms with Gasteiger partial charge in [-0.25, -0.2) is 18.7 Å². The van der Waals surface area contributed by atoms with Gasteiger partial charge in [0, 0.05) is 12.6 Å². The summed E-state index contributed by atoms with van der Waals surface area (Å²) >= 11 is 7.21. The second kappa shape index (κ2) is 6.16. The molecule has 1 heterocycles. The van der Waals surface area contributed by atoms with Crippen LogP contribution in [-0.4, -0.2) is 16.2 Å². The molecule has 0 saturated carbocycles. The molecular weight excluding hydrogens is 292 g/mol. The molecule has 1 N–H and O–H groups in total. The molecule has 2 aromatic rings. The molecular formula is C12H10ClF2N3S. The topological polar surface area (TPSA) is 37.8 Å². The van der Waals surface area contributed by atoms with E-state index in [1.165, 1.54) is 17.8 Å². The first-order valence-corrected chi connectivity index (χ1v) is 6.95. The van der Waals surface area contributed by atoms with Crippen LogP contribution in [0, 0.1) is 11.6 Å². The van der Waals surface area contributed by atoms with Crippen molar-refractivity contribution in [2.45, 2.75) is 11.7 Å². The highest BCUT2D eigenvalue weighted by Gasteiger charge is 2.05. The molecule has 2 rings (SSSR count). The third-order valence-electron chi connectivity index (χ3n) is 2.31. The molecule has 0 amide bonds. The van der Waals surface area contributed by atoms with E-state index in [-0.39, 0.29) is 0 Å². The fourth-order valence-electron chi connectivity index (χ4n) is 1.42. The third kappa shape index (κ3) is 3.78. The number of benzene rings is 1. The van der Waals surface area contributed by atoms with E-state index in [0.717, 1.165) is 12.1 Å². The number of hydrogen-bond acceptors (Lipinski definition) is 4. The Morgan fingerprint density at radius 2 is 2.00 bits per heavy atom. The molecule has 1 aromatic carbocycles. The molecule has 0 bridgehead atoms. The minimum atomic E-state index is -0.871. The second-order valence-corrected chi connectivity index (χ2v) is 4.83. The van der Waals surface area contributed by atoms with Crippen LogP contribution in [0.25, 0.3) is 0 Å². The quantitative estimate of drug-likeness (QED) is 0.530. The number of nitrogens with one attached hydrogen (secondary N) is 1. The second-order valence-electron chi connectivity index (χ2n) is 3.66. The van der Waals surface area contributed by atoms with E-state index in [0.29, 0.717) is 28.2 Å². The number of anilines is 1. The van der Waals surface area contributed by atoms with E-state index < -0.39 is 11.6 Å². The molecule has 0 spiro atoms. The minimum absolute atomic E-state index is 0.318. The van der Waals surface area contributed by atoms with Gasteiger partial charge in [0.2, 0.25) is 0 Å². The highest BCUT2D eigenvalue weighted by atomic mass is 35.5. The van der Waals surface area contributed by atoms with Gasteiger partial charge in [0.05, 0.1) is 0 Å². The first-order valence-electron chi connectivity index (χ1n) is 5.35. The third-order valence-corrected chi connectivity index (χ3v) is 3.06. The summed E-state index contributed by atoms with van der Waals surface area (Å²) in [6.45, 7) is 0.318. The van der Waals surface area contributed by atoms with Gasteiger partial charge in [-0.15, -0.1) is 0 Å². The summed E-state index contributed by atoms with van der Waals surface area (Å²) < 4.78 is 25.8. The van der Waals surface area contributed by atoms with Crippen LogP contribution in [0.5, 0.6) is 0 Å². The Morgan fingerprint density at radius 1 is 1.21 bits per heavy atom. The van der Waals surface area contributed by atoms with Crippen molar-refractivity contribution in [2.24, 2.45) is 0 Å². The van der Waals surface area contributed by atoms with E-state index in [9.17, 15) is 8.78 Å². The van der Waals surface area contributed by atoms with Crippen molar-refractivity contribution in [2.75, 3.05) is 11.6 Å². The number of hydrogen-bond donors (Lipinski definition) is 1. The normalized spacial score (nSPS) is 10.5. The Morgan fingerprint density at radius 3 is 2.68 bits per heavy atom. The predicted octanol–water partition coefficient (Wildman–Crippen LogP) is 3.74. The van der Waals surface area contributed by atoms with Crippen LogP contribution in [0.3, 0.4) is 0 Å². The van der Waals surface area contributed by atoms with Crippen LogP contribution in [-0.2, 0) is 6.54 Å². The van der Waals surface area contributed by atoms with E-state index in [1.807, 2.05) is 6.26 Å². The molecule has 0 radical (unpaired) electrons. The van der Waals surface area contributed by atoms with Crippen LogP contribution in [0.15, 0.2) is 29.4 Å². The van der Waals surface area contributed by atoms with Gasteiger partial charge in [0.15, 0.2) is 16.8 Å². The molecule has 100 valence electrons. The average molecular weight is 302 g/mol. The van der Waals surface area contributed by atoms with Crippen molar-refractivity contribution in [1.29, 1.82) is 0 Å². The number of halogens is 3. The molecule has 0 aliphatic carbocycles. The summed E-state index contributed by atoms with van der Waals surface area (Å²) in [4.78, 5) is 8.20. The molecule has 0 saturated heterocycles. The van der Waals surface area contributed by atoms with Crippen LogP contribution in [0.2, 0.25) is 5.15 Å². The zero-order valence-corrected chi connectivity index (χ0v) is 11.5. The van der Waals surface area contributed by atoms with Gasteiger partial charge < -0.3 is 5.32 Å². The van der Waals surface area contributed by atoms with Gasteiger partial charge in [-0.3, -0.25) is 0 Å². The zero-order chi connectivity index (χ0) is 13.8. The monoisotopic (exact) mass is 301 g/mol. The molecule has 0 aliphatic heterocycles. The van der Waals surface area contributed by atoms with Gasteiger partial charge in [-0.1, -0.05) is 29.4 Å². The lowest BCUT2D eigenvalue weighted by Gasteiger charge is -2.07. The van der Waals surface area contributed by atoms with Gasteiger partial charge in [-0.05, 0) is 24.0 Å². The first-order chi connectivity index (χ1) is 9.08. The Kier molecular flexibility index (Phi) is 4.55. The number of aromatic nitrogens is 2. The van der Waals surface area contributed by atoms with E-state index >= 15 is 0 Å². The largest absolute Gasteiger partial charge is 0.366 e. The van der Waals surface area contributed by atoms with E-state index in [1.54, 1.807) is 6.07 Å². The Bertz CT molecular complexity index is 595. The maximum atomic E-state index is 13.0. The summed E-state index contributed by atoms with van der Waals surface area (Å²) in [5.74, 6) is -1.20. The van der Waals surface area contributed by atoms with Gasteiger partial charge >= 0.3 is 0 Å². The number of thioether (sulfide) groups is 1. The van der Waals surface area contributed by atoms with Crippen LogP contribution < -0.4 is 5.32 Å². The minimum Gasteiger partial charge on any atom is -0.366 e. The Balaban J connectivity index is 2.09. The van der Waals surface area contributed by atoms with E-state index in [4.69, 9.17) is 11.6 Å².